The molecule has 3 heteroatoms. The molecule has 1 atom stereocenters. The average molecular weight is 252 g/mol. The summed E-state index contributed by atoms with van der Waals surface area (Å²) in [6.07, 6.45) is 4.19. The normalized spacial score (nSPS) is 31.9. The fourth-order valence-corrected chi connectivity index (χ4v) is 4.33. The molecule has 0 spiro atoms. The molecule has 3 nitrogen and oxygen atoms in total. The van der Waals surface area contributed by atoms with Crippen molar-refractivity contribution in [1.29, 1.82) is 0 Å². The summed E-state index contributed by atoms with van der Waals surface area (Å²) >= 11 is 0. The number of rotatable bonds is 2. The summed E-state index contributed by atoms with van der Waals surface area (Å²) in [6.45, 7) is 10.9. The molecule has 1 saturated carbocycles. The fourth-order valence-electron chi connectivity index (χ4n) is 4.33. The van der Waals surface area contributed by atoms with E-state index in [1.165, 1.54) is 6.42 Å². The average Bonchev–Trinajstić information content (AvgIpc) is 2.55. The molecule has 2 fully saturated rings. The van der Waals surface area contributed by atoms with Crippen LogP contribution in [0.1, 0.15) is 53.4 Å². The van der Waals surface area contributed by atoms with Gasteiger partial charge in [0, 0.05) is 19.0 Å². The first-order valence-corrected chi connectivity index (χ1v) is 7.22. The minimum Gasteiger partial charge on any atom is -0.339 e. The topological polar surface area (TPSA) is 46.3 Å². The number of hydrogen-bond donors (Lipinski definition) is 1. The molecule has 0 aromatic carbocycles. The van der Waals surface area contributed by atoms with Crippen LogP contribution in [0.3, 0.4) is 0 Å². The number of carbonyl (C=O) groups excluding carboxylic acids is 1. The Hall–Kier alpha value is -0.570. The lowest BCUT2D eigenvalue weighted by molar-refractivity contribution is -0.132. The lowest BCUT2D eigenvalue weighted by Crippen LogP contribution is -2.47. The Labute approximate surface area is 111 Å². The number of hydrogen-bond acceptors (Lipinski definition) is 2. The molecule has 0 bridgehead atoms. The summed E-state index contributed by atoms with van der Waals surface area (Å²) in [5.74, 6) is 0.703. The van der Waals surface area contributed by atoms with Crippen LogP contribution < -0.4 is 5.73 Å². The van der Waals surface area contributed by atoms with E-state index in [4.69, 9.17) is 5.73 Å². The molecule has 1 heterocycles. The maximum atomic E-state index is 12.1. The molecule has 2 rings (SSSR count). The quantitative estimate of drug-likeness (QED) is 0.820. The van der Waals surface area contributed by atoms with Crippen molar-refractivity contribution < 1.29 is 4.79 Å². The zero-order valence-electron chi connectivity index (χ0n) is 12.3. The first kappa shape index (κ1) is 13.9. The second-order valence-corrected chi connectivity index (χ2v) is 7.92. The molecule has 1 aliphatic carbocycles. The zero-order valence-corrected chi connectivity index (χ0v) is 12.3. The first-order chi connectivity index (χ1) is 8.22. The highest BCUT2D eigenvalue weighted by Gasteiger charge is 2.43. The Morgan fingerprint density at radius 1 is 1.22 bits per heavy atom. The highest BCUT2D eigenvalue weighted by Crippen LogP contribution is 2.47. The Bertz CT molecular complexity index is 319. The number of nitrogens with zero attached hydrogens (tertiary/aromatic N) is 1. The van der Waals surface area contributed by atoms with E-state index in [1.54, 1.807) is 0 Å². The van der Waals surface area contributed by atoms with Crippen LogP contribution in [-0.2, 0) is 4.79 Å². The van der Waals surface area contributed by atoms with Crippen molar-refractivity contribution in [2.75, 3.05) is 13.1 Å². The predicted molar refractivity (Wildman–Crippen MR) is 74.1 cm³/mol. The van der Waals surface area contributed by atoms with Gasteiger partial charge in [-0.15, -0.1) is 0 Å². The standard InChI is InChI=1S/C15H28N2O/c1-14(2)6-12(7-15(3,4)10-14)17-9-11(8-16)5-13(17)18/h11-12H,5-10,16H2,1-4H3. The molecule has 0 aromatic rings. The molecule has 1 unspecified atom stereocenters. The molecule has 0 aromatic heterocycles. The number of likely N-dealkylation sites (tertiary alicyclic amines) is 1. The van der Waals surface area contributed by atoms with Gasteiger partial charge in [-0.2, -0.15) is 0 Å². The summed E-state index contributed by atoms with van der Waals surface area (Å²) < 4.78 is 0. The van der Waals surface area contributed by atoms with E-state index >= 15 is 0 Å². The molecule has 18 heavy (non-hydrogen) atoms. The van der Waals surface area contributed by atoms with Gasteiger partial charge in [0.2, 0.25) is 5.91 Å². The number of carbonyl (C=O) groups is 1. The second kappa shape index (κ2) is 4.52. The minimum atomic E-state index is 0.323. The van der Waals surface area contributed by atoms with Gasteiger partial charge in [-0.1, -0.05) is 27.7 Å². The van der Waals surface area contributed by atoms with Gasteiger partial charge < -0.3 is 10.6 Å². The summed E-state index contributed by atoms with van der Waals surface area (Å²) in [4.78, 5) is 14.3. The van der Waals surface area contributed by atoms with Crippen LogP contribution in [0.15, 0.2) is 0 Å². The molecular weight excluding hydrogens is 224 g/mol. The van der Waals surface area contributed by atoms with Gasteiger partial charge in [-0.05, 0) is 42.6 Å². The Kier molecular flexibility index (Phi) is 3.48. The van der Waals surface area contributed by atoms with E-state index in [1.807, 2.05) is 0 Å². The van der Waals surface area contributed by atoms with Crippen LogP contribution >= 0.6 is 0 Å². The molecule has 1 aliphatic heterocycles. The van der Waals surface area contributed by atoms with Gasteiger partial charge in [-0.25, -0.2) is 0 Å². The maximum absolute atomic E-state index is 12.1. The first-order valence-electron chi connectivity index (χ1n) is 7.22. The van der Waals surface area contributed by atoms with Crippen LogP contribution in [0.25, 0.3) is 0 Å². The largest absolute Gasteiger partial charge is 0.339 e. The minimum absolute atomic E-state index is 0.323. The molecule has 104 valence electrons. The Morgan fingerprint density at radius 2 is 1.78 bits per heavy atom. The summed E-state index contributed by atoms with van der Waals surface area (Å²) in [5, 5.41) is 0. The van der Waals surface area contributed by atoms with E-state index in [9.17, 15) is 4.79 Å². The highest BCUT2D eigenvalue weighted by molar-refractivity contribution is 5.79. The van der Waals surface area contributed by atoms with Crippen LogP contribution in [0.2, 0.25) is 0 Å². The van der Waals surface area contributed by atoms with E-state index < -0.39 is 0 Å². The molecule has 1 saturated heterocycles. The van der Waals surface area contributed by atoms with Gasteiger partial charge >= 0.3 is 0 Å². The number of amides is 1. The third-order valence-corrected chi connectivity index (χ3v) is 4.55. The summed E-state index contributed by atoms with van der Waals surface area (Å²) in [6, 6.07) is 0.424. The Morgan fingerprint density at radius 3 is 2.22 bits per heavy atom. The molecule has 1 amide bonds. The van der Waals surface area contributed by atoms with E-state index in [-0.39, 0.29) is 0 Å². The summed E-state index contributed by atoms with van der Waals surface area (Å²) in [7, 11) is 0. The van der Waals surface area contributed by atoms with Gasteiger partial charge in [0.05, 0.1) is 0 Å². The van der Waals surface area contributed by atoms with Crippen molar-refractivity contribution in [3.05, 3.63) is 0 Å². The maximum Gasteiger partial charge on any atom is 0.223 e. The van der Waals surface area contributed by atoms with Gasteiger partial charge in [-0.3, -0.25) is 4.79 Å². The molecular formula is C15H28N2O. The van der Waals surface area contributed by atoms with Crippen molar-refractivity contribution in [3.63, 3.8) is 0 Å². The van der Waals surface area contributed by atoms with Crippen LogP contribution in [0, 0.1) is 16.7 Å². The summed E-state index contributed by atoms with van der Waals surface area (Å²) in [5.41, 5.74) is 6.40. The smallest absolute Gasteiger partial charge is 0.223 e. The van der Waals surface area contributed by atoms with E-state index in [0.29, 0.717) is 41.7 Å². The highest BCUT2D eigenvalue weighted by atomic mass is 16.2. The number of nitrogens with two attached hydrogens (primary N) is 1. The van der Waals surface area contributed by atoms with Crippen molar-refractivity contribution in [2.24, 2.45) is 22.5 Å². The predicted octanol–water partition coefficient (Wildman–Crippen LogP) is 2.40. The second-order valence-electron chi connectivity index (χ2n) is 7.92. The third kappa shape index (κ3) is 2.87. The SMILES string of the molecule is CC1(C)CC(N2CC(CN)CC2=O)CC(C)(C)C1. The lowest BCUT2D eigenvalue weighted by Gasteiger charge is -2.47. The zero-order chi connectivity index (χ0) is 13.6. The fraction of sp³-hybridized carbons (Fsp3) is 0.933. The van der Waals surface area contributed by atoms with Crippen LogP contribution in [0.5, 0.6) is 0 Å². The van der Waals surface area contributed by atoms with E-state index in [0.717, 1.165) is 19.4 Å². The molecule has 0 radical (unpaired) electrons. The van der Waals surface area contributed by atoms with Crippen molar-refractivity contribution in [3.8, 4) is 0 Å². The van der Waals surface area contributed by atoms with Crippen molar-refractivity contribution >= 4 is 5.91 Å². The van der Waals surface area contributed by atoms with Crippen molar-refractivity contribution in [1.82, 2.24) is 4.90 Å². The molecule has 2 N–H and O–H groups in total. The lowest BCUT2D eigenvalue weighted by atomic mass is 9.63. The third-order valence-electron chi connectivity index (χ3n) is 4.55. The molecule has 2 aliphatic rings. The van der Waals surface area contributed by atoms with E-state index in [2.05, 4.69) is 32.6 Å². The van der Waals surface area contributed by atoms with Gasteiger partial charge in [0.25, 0.3) is 0 Å². The Balaban J connectivity index is 2.11. The monoisotopic (exact) mass is 252 g/mol. The van der Waals surface area contributed by atoms with Crippen molar-refractivity contribution in [2.45, 2.75) is 59.4 Å². The van der Waals surface area contributed by atoms with Gasteiger partial charge in [0.15, 0.2) is 0 Å². The van der Waals surface area contributed by atoms with Crippen LogP contribution in [-0.4, -0.2) is 29.9 Å². The van der Waals surface area contributed by atoms with Crippen LogP contribution in [0.4, 0.5) is 0 Å². The van der Waals surface area contributed by atoms with Gasteiger partial charge in [0.1, 0.15) is 0 Å².